The molecule has 0 N–H and O–H groups in total. The van der Waals surface area contributed by atoms with Crippen LogP contribution in [0.3, 0.4) is 0 Å². The maximum Gasteiger partial charge on any atom is 0.0782 e. The number of hydrogen-bond donors (Lipinski definition) is 0. The monoisotopic (exact) mass is 412 g/mol. The summed E-state index contributed by atoms with van der Waals surface area (Å²) in [7, 11) is 4.88. The molecule has 0 saturated carbocycles. The number of unbranched alkanes of at least 4 members (excludes halogenated alkanes) is 16. The number of quaternary nitrogens is 1. The summed E-state index contributed by atoms with van der Waals surface area (Å²) in [5.74, 6) is 0. The molecule has 0 fully saturated rings. The van der Waals surface area contributed by atoms with Crippen LogP contribution < -0.4 is 0 Å². The van der Waals surface area contributed by atoms with Crippen LogP contribution in [0.5, 0.6) is 0 Å². The second-order valence-corrected chi connectivity index (χ2v) is 9.31. The molecule has 2 nitrogen and oxygen atoms in total. The van der Waals surface area contributed by atoms with Crippen LogP contribution in [-0.2, 0) is 0 Å². The third kappa shape index (κ3) is 28.0. The molecule has 168 valence electrons. The zero-order chi connectivity index (χ0) is 21.3. The van der Waals surface area contributed by atoms with Gasteiger partial charge < -0.3 is 9.89 Å². The van der Waals surface area contributed by atoms with Gasteiger partial charge in [0.2, 0.25) is 0 Å². The Kier molecular flexibility index (Phi) is 26.5. The lowest BCUT2D eigenvalue weighted by atomic mass is 10.1. The molecule has 0 saturated heterocycles. The number of nitrogens with zero attached hydrogens (tertiary/aromatic N) is 2. The number of thiocarbonyl (C=S) groups is 1. The summed E-state index contributed by atoms with van der Waals surface area (Å²) in [6, 6.07) is 0. The summed E-state index contributed by atoms with van der Waals surface area (Å²) >= 11 is 3.70. The van der Waals surface area contributed by atoms with Gasteiger partial charge >= 0.3 is 0 Å². The Morgan fingerprint density at radius 3 is 1.00 bits per heavy atom. The highest BCUT2D eigenvalue weighted by atomic mass is 32.1. The van der Waals surface area contributed by atoms with Crippen LogP contribution in [0.25, 0.3) is 5.41 Å². The van der Waals surface area contributed by atoms with Gasteiger partial charge in [-0.1, -0.05) is 116 Å². The summed E-state index contributed by atoms with van der Waals surface area (Å²) in [5, 5.41) is 8.47. The van der Waals surface area contributed by atoms with Crippen molar-refractivity contribution < 1.29 is 4.48 Å². The number of rotatable bonds is 20. The van der Waals surface area contributed by atoms with Crippen molar-refractivity contribution in [3.05, 3.63) is 5.41 Å². The highest BCUT2D eigenvalue weighted by Gasteiger charge is 2.13. The van der Waals surface area contributed by atoms with Crippen LogP contribution in [0.1, 0.15) is 129 Å². The Labute approximate surface area is 184 Å². The normalized spacial score (nSPS) is 11.0. The van der Waals surface area contributed by atoms with E-state index in [1.54, 1.807) is 0 Å². The van der Waals surface area contributed by atoms with Crippen molar-refractivity contribution in [2.45, 2.75) is 129 Å². The quantitative estimate of drug-likeness (QED) is 0.0847. The number of hydrogen-bond acceptors (Lipinski definition) is 1. The fraction of sp³-hybridized carbons (Fsp3) is 0.960. The highest BCUT2D eigenvalue weighted by Crippen LogP contribution is 2.13. The molecule has 0 aromatic heterocycles. The average Bonchev–Trinajstić information content (AvgIpc) is 2.66. The van der Waals surface area contributed by atoms with E-state index >= 15 is 0 Å². The molecule has 3 heteroatoms. The van der Waals surface area contributed by atoms with E-state index in [2.05, 4.69) is 40.2 Å². The van der Waals surface area contributed by atoms with Gasteiger partial charge in [-0.05, 0) is 25.7 Å². The molecular weight excluding hydrogens is 360 g/mol. The van der Waals surface area contributed by atoms with Gasteiger partial charge in [0.1, 0.15) is 0 Å². The average molecular weight is 413 g/mol. The topological polar surface area (TPSA) is 22.3 Å². The molecule has 0 aromatic rings. The molecule has 0 aliphatic carbocycles. The maximum atomic E-state index is 7.13. The lowest BCUT2D eigenvalue weighted by Crippen LogP contribution is -2.41. The van der Waals surface area contributed by atoms with Crippen LogP contribution in [0.2, 0.25) is 0 Å². The van der Waals surface area contributed by atoms with Crippen LogP contribution in [0.4, 0.5) is 0 Å². The van der Waals surface area contributed by atoms with E-state index in [1.165, 1.54) is 138 Å². The van der Waals surface area contributed by atoms with Crippen LogP contribution in [-0.4, -0.2) is 36.8 Å². The smallest absolute Gasteiger partial charge is 0.0782 e. The highest BCUT2D eigenvalue weighted by molar-refractivity contribution is 7.78. The Bertz CT molecular complexity index is 299. The molecule has 0 atom stereocenters. The van der Waals surface area contributed by atoms with E-state index < -0.39 is 0 Å². The van der Waals surface area contributed by atoms with E-state index in [0.29, 0.717) is 0 Å². The predicted molar refractivity (Wildman–Crippen MR) is 132 cm³/mol. The van der Waals surface area contributed by atoms with Gasteiger partial charge in [0, 0.05) is 0 Å². The third-order valence-electron chi connectivity index (χ3n) is 5.73. The zero-order valence-corrected chi connectivity index (χ0v) is 20.8. The van der Waals surface area contributed by atoms with Crippen molar-refractivity contribution in [1.29, 1.82) is 0 Å². The van der Waals surface area contributed by atoms with Crippen LogP contribution in [0.15, 0.2) is 0 Å². The number of isothiocyanates is 1. The van der Waals surface area contributed by atoms with Gasteiger partial charge in [0.05, 0.1) is 27.2 Å². The summed E-state index contributed by atoms with van der Waals surface area (Å²) in [6.45, 7) is 7.36. The minimum absolute atomic E-state index is 1.24. The van der Waals surface area contributed by atoms with Crippen molar-refractivity contribution in [1.82, 2.24) is 0 Å². The van der Waals surface area contributed by atoms with Crippen molar-refractivity contribution >= 4 is 17.4 Å². The van der Waals surface area contributed by atoms with E-state index in [4.69, 9.17) is 5.41 Å². The van der Waals surface area contributed by atoms with E-state index in [-0.39, 0.29) is 0 Å². The SMILES string of the molecule is CCCCCCCCCCC[N+](C)(C)CCCCCCCCCCC.[N-]=C=S. The standard InChI is InChI=1S/C24H52N.CNS/c1-5-7-9-11-13-15-17-19-21-23-25(3,4)24-22-20-18-16-14-12-10-8-6-2;2-1-3/h5-24H2,1-4H3;/q+1;-1. The first-order chi connectivity index (χ1) is 13.5. The van der Waals surface area contributed by atoms with Crippen molar-refractivity contribution in [3.63, 3.8) is 0 Å². The summed E-state index contributed by atoms with van der Waals surface area (Å²) < 4.78 is 1.24. The van der Waals surface area contributed by atoms with Gasteiger partial charge in [-0.15, -0.1) is 0 Å². The second-order valence-electron chi connectivity index (χ2n) is 9.13. The molecule has 0 aliphatic rings. The largest absolute Gasteiger partial charge is 0.753 e. The predicted octanol–water partition coefficient (Wildman–Crippen LogP) is 8.78. The molecule has 0 aliphatic heterocycles. The lowest BCUT2D eigenvalue weighted by molar-refractivity contribution is -0.890. The van der Waals surface area contributed by atoms with Gasteiger partial charge in [-0.25, -0.2) is 0 Å². The molecule has 28 heavy (non-hydrogen) atoms. The molecular formula is C25H52N2S. The van der Waals surface area contributed by atoms with Crippen molar-refractivity contribution in [2.75, 3.05) is 27.2 Å². The molecule has 0 rings (SSSR count). The third-order valence-corrected chi connectivity index (χ3v) is 5.73. The fourth-order valence-corrected chi connectivity index (χ4v) is 3.81. The van der Waals surface area contributed by atoms with Crippen molar-refractivity contribution in [3.8, 4) is 0 Å². The molecule has 0 amide bonds. The Morgan fingerprint density at radius 2 is 0.750 bits per heavy atom. The lowest BCUT2D eigenvalue weighted by Gasteiger charge is -2.30. The molecule has 0 spiro atoms. The van der Waals surface area contributed by atoms with Crippen LogP contribution in [0, 0.1) is 0 Å². The minimum atomic E-state index is 1.24. The van der Waals surface area contributed by atoms with E-state index in [9.17, 15) is 0 Å². The van der Waals surface area contributed by atoms with Gasteiger partial charge in [0.15, 0.2) is 0 Å². The molecule has 0 bridgehead atoms. The fourth-order valence-electron chi connectivity index (χ4n) is 3.81. The molecule has 0 radical (unpaired) electrons. The Balaban J connectivity index is 0. The second kappa shape index (κ2) is 24.8. The Hall–Kier alpha value is -0.240. The first-order valence-electron chi connectivity index (χ1n) is 12.4. The van der Waals surface area contributed by atoms with Gasteiger partial charge in [0.25, 0.3) is 0 Å². The summed E-state index contributed by atoms with van der Waals surface area (Å²) in [5.41, 5.74) is 0. The first-order valence-corrected chi connectivity index (χ1v) is 12.8. The summed E-state index contributed by atoms with van der Waals surface area (Å²) in [4.78, 5) is 0. The summed E-state index contributed by atoms with van der Waals surface area (Å²) in [6.07, 6.45) is 26.0. The van der Waals surface area contributed by atoms with Crippen molar-refractivity contribution in [2.24, 2.45) is 0 Å². The minimum Gasteiger partial charge on any atom is -0.753 e. The molecule has 0 heterocycles. The Morgan fingerprint density at radius 1 is 0.536 bits per heavy atom. The maximum absolute atomic E-state index is 7.13. The molecule has 0 aromatic carbocycles. The first kappa shape index (κ1) is 30.0. The van der Waals surface area contributed by atoms with Gasteiger partial charge in [-0.2, -0.15) is 5.16 Å². The van der Waals surface area contributed by atoms with Gasteiger partial charge in [-0.3, -0.25) is 0 Å². The van der Waals surface area contributed by atoms with E-state index in [0.717, 1.165) is 0 Å². The van der Waals surface area contributed by atoms with E-state index in [1.807, 2.05) is 0 Å². The molecule has 0 unspecified atom stereocenters. The van der Waals surface area contributed by atoms with Crippen LogP contribution >= 0.6 is 12.2 Å². The zero-order valence-electron chi connectivity index (χ0n) is 19.9.